The van der Waals surface area contributed by atoms with Crippen LogP contribution in [0.5, 0.6) is 0 Å². The summed E-state index contributed by atoms with van der Waals surface area (Å²) >= 11 is 0. The van der Waals surface area contributed by atoms with Gasteiger partial charge in [-0.1, -0.05) is 19.4 Å². The molecule has 1 saturated carbocycles. The largest absolute Gasteiger partial charge is 0.354 e. The molecule has 0 saturated heterocycles. The van der Waals surface area contributed by atoms with Gasteiger partial charge in [-0.3, -0.25) is 9.20 Å². The monoisotopic (exact) mass is 357 g/mol. The first-order valence-corrected chi connectivity index (χ1v) is 9.70. The average molecular weight is 357 g/mol. The van der Waals surface area contributed by atoms with Gasteiger partial charge in [0.05, 0.1) is 0 Å². The minimum Gasteiger partial charge on any atom is -0.354 e. The maximum Gasteiger partial charge on any atom is 0.191 e. The summed E-state index contributed by atoms with van der Waals surface area (Å²) in [5.41, 5.74) is 0.382. The van der Waals surface area contributed by atoms with Crippen LogP contribution in [0.1, 0.15) is 38.2 Å². The van der Waals surface area contributed by atoms with Gasteiger partial charge in [-0.05, 0) is 25.3 Å². The highest BCUT2D eigenvalue weighted by molar-refractivity contribution is 7.85. The van der Waals surface area contributed by atoms with Crippen LogP contribution in [0.15, 0.2) is 23.2 Å². The van der Waals surface area contributed by atoms with Crippen molar-refractivity contribution in [2.45, 2.75) is 50.4 Å². The van der Waals surface area contributed by atoms with Crippen LogP contribution in [0.2, 0.25) is 0 Å². The van der Waals surface area contributed by atoms with Crippen LogP contribution in [-0.2, 0) is 17.3 Å². The second kappa shape index (κ2) is 9.11. The van der Waals surface area contributed by atoms with Gasteiger partial charge >= 0.3 is 0 Å². The van der Waals surface area contributed by atoms with Gasteiger partial charge in [0, 0.05) is 53.1 Å². The van der Waals surface area contributed by atoms with E-state index < -0.39 is 22.4 Å². The minimum absolute atomic E-state index is 0.212. The number of guanidine groups is 1. The number of nitrogens with one attached hydrogen (secondary N) is 2. The van der Waals surface area contributed by atoms with Gasteiger partial charge in [-0.25, -0.2) is 8.78 Å². The zero-order chi connectivity index (χ0) is 17.5. The molecule has 0 radical (unpaired) electrons. The van der Waals surface area contributed by atoms with Gasteiger partial charge in [0.2, 0.25) is 0 Å². The molecule has 134 valence electrons. The fourth-order valence-electron chi connectivity index (χ4n) is 2.98. The van der Waals surface area contributed by atoms with Crippen molar-refractivity contribution in [3.8, 4) is 0 Å². The molecule has 3 atom stereocenters. The number of hydrogen-bond acceptors (Lipinski definition) is 2. The van der Waals surface area contributed by atoms with Crippen molar-refractivity contribution in [3.05, 3.63) is 35.4 Å². The number of rotatable bonds is 5. The fraction of sp³-hybridized carbons (Fsp3) is 0.588. The first-order chi connectivity index (χ1) is 11.5. The van der Waals surface area contributed by atoms with Gasteiger partial charge < -0.3 is 10.6 Å². The molecule has 0 heterocycles. The highest BCUT2D eigenvalue weighted by atomic mass is 32.2. The van der Waals surface area contributed by atoms with Gasteiger partial charge in [0.1, 0.15) is 11.6 Å². The zero-order valence-electron chi connectivity index (χ0n) is 14.1. The highest BCUT2D eigenvalue weighted by Crippen LogP contribution is 2.23. The lowest BCUT2D eigenvalue weighted by Crippen LogP contribution is -2.46. The van der Waals surface area contributed by atoms with E-state index in [1.54, 1.807) is 7.05 Å². The van der Waals surface area contributed by atoms with Crippen molar-refractivity contribution in [1.29, 1.82) is 0 Å². The Balaban J connectivity index is 1.89. The molecule has 1 aliphatic carbocycles. The van der Waals surface area contributed by atoms with Crippen molar-refractivity contribution >= 4 is 16.8 Å². The number of nitrogens with zero attached hydrogens (tertiary/aromatic N) is 1. The molecule has 1 aromatic carbocycles. The lowest BCUT2D eigenvalue weighted by atomic mass is 9.95. The summed E-state index contributed by atoms with van der Waals surface area (Å²) in [5, 5.41) is 6.61. The Labute approximate surface area is 144 Å². The van der Waals surface area contributed by atoms with E-state index in [1.807, 2.05) is 6.92 Å². The summed E-state index contributed by atoms with van der Waals surface area (Å²) in [6, 6.07) is 3.75. The molecule has 1 aliphatic rings. The molecular weight excluding hydrogens is 332 g/mol. The Morgan fingerprint density at radius 3 is 2.83 bits per heavy atom. The predicted octanol–water partition coefficient (Wildman–Crippen LogP) is 2.71. The fourth-order valence-corrected chi connectivity index (χ4v) is 4.33. The third kappa shape index (κ3) is 5.26. The number of halogens is 2. The Hall–Kier alpha value is -1.50. The van der Waals surface area contributed by atoms with Gasteiger partial charge in [-0.2, -0.15) is 0 Å². The first-order valence-electron chi connectivity index (χ1n) is 8.31. The molecule has 4 nitrogen and oxygen atoms in total. The van der Waals surface area contributed by atoms with E-state index in [4.69, 9.17) is 0 Å². The molecule has 7 heteroatoms. The van der Waals surface area contributed by atoms with E-state index >= 15 is 0 Å². The molecule has 1 fully saturated rings. The van der Waals surface area contributed by atoms with Gasteiger partial charge in [-0.15, -0.1) is 0 Å². The third-order valence-corrected chi connectivity index (χ3v) is 6.05. The summed E-state index contributed by atoms with van der Waals surface area (Å²) in [6.45, 7) is 2.17. The van der Waals surface area contributed by atoms with E-state index in [9.17, 15) is 13.0 Å². The molecular formula is C17H25F2N3OS. The van der Waals surface area contributed by atoms with Crippen LogP contribution in [0.25, 0.3) is 0 Å². The average Bonchev–Trinajstić information content (AvgIpc) is 2.59. The van der Waals surface area contributed by atoms with E-state index in [2.05, 4.69) is 15.6 Å². The Morgan fingerprint density at radius 1 is 1.38 bits per heavy atom. The SMILES string of the molecule is CCS(=O)C1CCCC(NC(=NC)NCc2ccc(F)cc2F)C1. The summed E-state index contributed by atoms with van der Waals surface area (Å²) in [4.78, 5) is 4.16. The number of benzene rings is 1. The van der Waals surface area contributed by atoms with E-state index in [-0.39, 0.29) is 17.8 Å². The molecule has 2 N–H and O–H groups in total. The maximum absolute atomic E-state index is 13.7. The van der Waals surface area contributed by atoms with Crippen LogP contribution in [0, 0.1) is 11.6 Å². The second-order valence-corrected chi connectivity index (χ2v) is 7.97. The molecule has 24 heavy (non-hydrogen) atoms. The van der Waals surface area contributed by atoms with E-state index in [0.717, 1.165) is 31.7 Å². The molecule has 3 unspecified atom stereocenters. The topological polar surface area (TPSA) is 53.5 Å². The van der Waals surface area contributed by atoms with Gasteiger partial charge in [0.15, 0.2) is 5.96 Å². The molecule has 0 aliphatic heterocycles. The minimum atomic E-state index is -0.775. The third-order valence-electron chi connectivity index (χ3n) is 4.31. The summed E-state index contributed by atoms with van der Waals surface area (Å²) in [5.74, 6) is 0.102. The summed E-state index contributed by atoms with van der Waals surface area (Å²) < 4.78 is 38.6. The summed E-state index contributed by atoms with van der Waals surface area (Å²) in [6.07, 6.45) is 3.90. The smallest absolute Gasteiger partial charge is 0.191 e. The van der Waals surface area contributed by atoms with Crippen LogP contribution >= 0.6 is 0 Å². The number of hydrogen-bond donors (Lipinski definition) is 2. The molecule has 0 amide bonds. The quantitative estimate of drug-likeness (QED) is 0.629. The van der Waals surface area contributed by atoms with E-state index in [0.29, 0.717) is 17.3 Å². The normalized spacial score (nSPS) is 22.9. The lowest BCUT2D eigenvalue weighted by molar-refractivity contribution is 0.413. The molecule has 0 aromatic heterocycles. The van der Waals surface area contributed by atoms with Crippen LogP contribution in [0.4, 0.5) is 8.78 Å². The van der Waals surface area contributed by atoms with Crippen molar-refractivity contribution in [3.63, 3.8) is 0 Å². The summed E-state index contributed by atoms with van der Waals surface area (Å²) in [7, 11) is 0.879. The van der Waals surface area contributed by atoms with Crippen LogP contribution in [-0.4, -0.2) is 34.3 Å². The molecule has 2 rings (SSSR count). The van der Waals surface area contributed by atoms with E-state index in [1.165, 1.54) is 12.1 Å². The van der Waals surface area contributed by atoms with Crippen LogP contribution in [0.3, 0.4) is 0 Å². The molecule has 0 spiro atoms. The van der Waals surface area contributed by atoms with Crippen molar-refractivity contribution < 1.29 is 13.0 Å². The van der Waals surface area contributed by atoms with Crippen molar-refractivity contribution in [1.82, 2.24) is 10.6 Å². The highest BCUT2D eigenvalue weighted by Gasteiger charge is 2.26. The Morgan fingerprint density at radius 2 is 2.17 bits per heavy atom. The number of aliphatic imine (C=N–C) groups is 1. The molecule has 0 bridgehead atoms. The first kappa shape index (κ1) is 18.8. The second-order valence-electron chi connectivity index (χ2n) is 5.96. The lowest BCUT2D eigenvalue weighted by Gasteiger charge is -2.30. The molecule has 1 aromatic rings. The van der Waals surface area contributed by atoms with Gasteiger partial charge in [0.25, 0.3) is 0 Å². The Kier molecular flexibility index (Phi) is 7.15. The Bertz CT molecular complexity index is 609. The van der Waals surface area contributed by atoms with Crippen LogP contribution < -0.4 is 10.6 Å². The standard InChI is InChI=1S/C17H25F2N3OS/c1-3-24(23)15-6-4-5-14(10-15)22-17(20-2)21-11-12-7-8-13(18)9-16(12)19/h7-9,14-15H,3-6,10-11H2,1-2H3,(H2,20,21,22). The van der Waals surface area contributed by atoms with Crippen molar-refractivity contribution in [2.75, 3.05) is 12.8 Å². The zero-order valence-corrected chi connectivity index (χ0v) is 15.0. The maximum atomic E-state index is 13.7. The van der Waals surface area contributed by atoms with Crippen molar-refractivity contribution in [2.24, 2.45) is 4.99 Å². The predicted molar refractivity (Wildman–Crippen MR) is 94.4 cm³/mol.